The minimum absolute atomic E-state index is 1.38. The minimum Gasteiger partial charge on any atom is -0.485 e. The van der Waals surface area contributed by atoms with E-state index in [1.54, 1.807) is 12.1 Å². The van der Waals surface area contributed by atoms with Gasteiger partial charge < -0.3 is 9.75 Å². The van der Waals surface area contributed by atoms with E-state index in [2.05, 4.69) is 9.84 Å². The van der Waals surface area contributed by atoms with Gasteiger partial charge >= 0.3 is 0 Å². The van der Waals surface area contributed by atoms with E-state index in [0.717, 1.165) is 0 Å². The van der Waals surface area contributed by atoms with E-state index in [1.807, 2.05) is 14.1 Å². The molecule has 0 aliphatic heterocycles. The third-order valence-electron chi connectivity index (χ3n) is 0.383. The molecule has 7 heavy (non-hydrogen) atoms. The van der Waals surface area contributed by atoms with Gasteiger partial charge in [-0.1, -0.05) is 0 Å². The molecule has 0 aromatic rings. The molecule has 0 aliphatic carbocycles. The molecule has 0 rings (SSSR count). The van der Waals surface area contributed by atoms with Crippen molar-refractivity contribution in [2.75, 3.05) is 21.2 Å². The van der Waals surface area contributed by atoms with Crippen LogP contribution in [0.15, 0.2) is 5.10 Å². The Hall–Kier alpha value is -0.730. The molecule has 0 saturated carbocycles. The number of hydrogen-bond acceptors (Lipinski definition) is 3. The molecule has 0 amide bonds. The first-order valence-electron chi connectivity index (χ1n) is 2.00. The highest BCUT2D eigenvalue weighted by Crippen LogP contribution is 1.69. The highest BCUT2D eigenvalue weighted by molar-refractivity contribution is 5.45. The summed E-state index contributed by atoms with van der Waals surface area (Å²) in [5.41, 5.74) is 0. The van der Waals surface area contributed by atoms with Crippen molar-refractivity contribution in [1.82, 2.24) is 5.01 Å². The largest absolute Gasteiger partial charge is 0.485 e. The number of hydrazone groups is 1. The predicted molar refractivity (Wildman–Crippen MR) is 29.2 cm³/mol. The molecule has 42 valence electrons. The molecule has 0 heterocycles. The average molecular weight is 102 g/mol. The van der Waals surface area contributed by atoms with E-state index in [9.17, 15) is 0 Å². The Morgan fingerprint density at radius 3 is 2.29 bits per heavy atom. The number of rotatable bonds is 2. The van der Waals surface area contributed by atoms with Crippen molar-refractivity contribution in [3.63, 3.8) is 0 Å². The second-order valence-electron chi connectivity index (χ2n) is 1.30. The van der Waals surface area contributed by atoms with Gasteiger partial charge in [0.05, 0.1) is 7.11 Å². The van der Waals surface area contributed by atoms with Gasteiger partial charge in [0.15, 0.2) is 6.40 Å². The lowest BCUT2D eigenvalue weighted by Crippen LogP contribution is -2.01. The summed E-state index contributed by atoms with van der Waals surface area (Å²) < 4.78 is 4.52. The van der Waals surface area contributed by atoms with Crippen LogP contribution < -0.4 is 0 Å². The molecule has 3 heteroatoms. The van der Waals surface area contributed by atoms with Gasteiger partial charge in [0.1, 0.15) is 0 Å². The van der Waals surface area contributed by atoms with Crippen LogP contribution in [-0.4, -0.2) is 32.6 Å². The third-order valence-corrected chi connectivity index (χ3v) is 0.383. The summed E-state index contributed by atoms with van der Waals surface area (Å²) in [5, 5.41) is 5.39. The second kappa shape index (κ2) is 3.46. The Bertz CT molecular complexity index is 60.7. The molecule has 0 spiro atoms. The lowest BCUT2D eigenvalue weighted by molar-refractivity contribution is 0.378. The molecule has 3 nitrogen and oxygen atoms in total. The van der Waals surface area contributed by atoms with Crippen molar-refractivity contribution >= 4 is 6.40 Å². The van der Waals surface area contributed by atoms with Crippen LogP contribution in [0.2, 0.25) is 0 Å². The number of methoxy groups -OCH3 is 1. The highest BCUT2D eigenvalue weighted by atomic mass is 16.5. The molecule has 0 aromatic carbocycles. The first-order chi connectivity index (χ1) is 3.27. The molecule has 0 fully saturated rings. The van der Waals surface area contributed by atoms with Gasteiger partial charge in [-0.05, 0) is 0 Å². The highest BCUT2D eigenvalue weighted by Gasteiger charge is 1.70. The summed E-state index contributed by atoms with van der Waals surface area (Å²) >= 11 is 0. The lowest BCUT2D eigenvalue weighted by atomic mass is 11.2. The van der Waals surface area contributed by atoms with Crippen LogP contribution in [-0.2, 0) is 4.74 Å². The van der Waals surface area contributed by atoms with E-state index in [1.165, 1.54) is 6.40 Å². The van der Waals surface area contributed by atoms with Crippen molar-refractivity contribution in [3.05, 3.63) is 0 Å². The van der Waals surface area contributed by atoms with Gasteiger partial charge in [0, 0.05) is 14.1 Å². The Morgan fingerprint density at radius 1 is 1.57 bits per heavy atom. The topological polar surface area (TPSA) is 24.8 Å². The zero-order valence-electron chi connectivity index (χ0n) is 4.88. The van der Waals surface area contributed by atoms with E-state index in [4.69, 9.17) is 0 Å². The maximum atomic E-state index is 4.52. The maximum absolute atomic E-state index is 4.52. The summed E-state index contributed by atoms with van der Waals surface area (Å²) in [6.07, 6.45) is 1.38. The van der Waals surface area contributed by atoms with Crippen molar-refractivity contribution in [2.45, 2.75) is 0 Å². The fourth-order valence-electron chi connectivity index (χ4n) is 0.141. The van der Waals surface area contributed by atoms with Crippen LogP contribution in [0.5, 0.6) is 0 Å². The van der Waals surface area contributed by atoms with E-state index in [0.29, 0.717) is 0 Å². The van der Waals surface area contributed by atoms with Gasteiger partial charge in [-0.2, -0.15) is 0 Å². The Kier molecular flexibility index (Phi) is 3.10. The Balaban J connectivity index is 3.08. The molecule has 0 aromatic heterocycles. The fraction of sp³-hybridized carbons (Fsp3) is 0.750. The van der Waals surface area contributed by atoms with Gasteiger partial charge in [-0.25, -0.2) is 0 Å². The zero-order valence-corrected chi connectivity index (χ0v) is 4.88. The van der Waals surface area contributed by atoms with E-state index < -0.39 is 0 Å². The summed E-state index contributed by atoms with van der Waals surface area (Å²) in [6, 6.07) is 0. The third kappa shape index (κ3) is 5.27. The molecular weight excluding hydrogens is 92.1 g/mol. The number of nitrogens with zero attached hydrogens (tertiary/aromatic N) is 2. The fourth-order valence-corrected chi connectivity index (χ4v) is 0.141. The predicted octanol–water partition coefficient (Wildman–Crippen LogP) is 0.138. The molecular formula is C4H10N2O. The van der Waals surface area contributed by atoms with Crippen LogP contribution in [0.25, 0.3) is 0 Å². The normalized spacial score (nSPS) is 9.57. The van der Waals surface area contributed by atoms with Crippen LogP contribution >= 0.6 is 0 Å². The maximum Gasteiger partial charge on any atom is 0.192 e. The second-order valence-corrected chi connectivity index (χ2v) is 1.30. The lowest BCUT2D eigenvalue weighted by Gasteiger charge is -1.99. The first-order valence-corrected chi connectivity index (χ1v) is 2.00. The molecule has 0 unspecified atom stereocenters. The molecule has 0 saturated heterocycles. The smallest absolute Gasteiger partial charge is 0.192 e. The number of ether oxygens (including phenoxy) is 1. The van der Waals surface area contributed by atoms with Crippen molar-refractivity contribution in [3.8, 4) is 0 Å². The summed E-state index contributed by atoms with van der Waals surface area (Å²) in [5.74, 6) is 0. The SMILES string of the molecule is CO/C=N\N(C)C. The van der Waals surface area contributed by atoms with Crippen LogP contribution in [0.3, 0.4) is 0 Å². The summed E-state index contributed by atoms with van der Waals surface area (Å²) in [6.45, 7) is 0. The van der Waals surface area contributed by atoms with Crippen molar-refractivity contribution in [2.24, 2.45) is 5.10 Å². The van der Waals surface area contributed by atoms with Gasteiger partial charge in [-0.3, -0.25) is 0 Å². The van der Waals surface area contributed by atoms with Crippen LogP contribution in [0, 0.1) is 0 Å². The molecule has 0 atom stereocenters. The summed E-state index contributed by atoms with van der Waals surface area (Å²) in [7, 11) is 5.22. The molecule has 0 N–H and O–H groups in total. The Labute approximate surface area is 43.6 Å². The van der Waals surface area contributed by atoms with Crippen molar-refractivity contribution in [1.29, 1.82) is 0 Å². The minimum atomic E-state index is 1.38. The van der Waals surface area contributed by atoms with Crippen LogP contribution in [0.1, 0.15) is 0 Å². The van der Waals surface area contributed by atoms with Gasteiger partial charge in [-0.15, -0.1) is 5.10 Å². The molecule has 0 radical (unpaired) electrons. The van der Waals surface area contributed by atoms with Crippen LogP contribution in [0.4, 0.5) is 0 Å². The summed E-state index contributed by atoms with van der Waals surface area (Å²) in [4.78, 5) is 0. The monoisotopic (exact) mass is 102 g/mol. The van der Waals surface area contributed by atoms with Gasteiger partial charge in [0.2, 0.25) is 0 Å². The first kappa shape index (κ1) is 6.27. The average Bonchev–Trinajstić information content (AvgIpc) is 1.61. The molecule has 0 aliphatic rings. The number of hydrogen-bond donors (Lipinski definition) is 0. The standard InChI is InChI=1S/C4H10N2O/c1-6(2)5-4-7-3/h4H,1-3H3/b5-4-. The zero-order chi connectivity index (χ0) is 5.70. The Morgan fingerprint density at radius 2 is 2.14 bits per heavy atom. The quantitative estimate of drug-likeness (QED) is 0.281. The van der Waals surface area contributed by atoms with Gasteiger partial charge in [0.25, 0.3) is 0 Å². The van der Waals surface area contributed by atoms with E-state index >= 15 is 0 Å². The molecule has 0 bridgehead atoms. The van der Waals surface area contributed by atoms with Crippen molar-refractivity contribution < 1.29 is 4.74 Å². The van der Waals surface area contributed by atoms with E-state index in [-0.39, 0.29) is 0 Å².